The first-order valence-corrected chi connectivity index (χ1v) is 12.0. The summed E-state index contributed by atoms with van der Waals surface area (Å²) < 4.78 is 0. The standard InChI is InChI=1S/C25H25N7S/c1-14-9-15(26)13-32(14)24-23-17-5-3-6-19(27-2)18(17)11-22(23)30-25(31-24)33-16-10-21-20(29-12-16)7-4-8-28-21/h3-8,10,12,14-15,27H,9,11,13,26H2,1-2H3/t14-,15-/m1/s1. The molecule has 0 amide bonds. The van der Waals surface area contributed by atoms with Gasteiger partial charge in [0.25, 0.3) is 0 Å². The smallest absolute Gasteiger partial charge is 0.194 e. The van der Waals surface area contributed by atoms with E-state index < -0.39 is 0 Å². The molecule has 4 heterocycles. The molecule has 1 aliphatic carbocycles. The second kappa shape index (κ2) is 7.97. The molecule has 3 aromatic heterocycles. The van der Waals surface area contributed by atoms with Crippen LogP contribution in [0.5, 0.6) is 0 Å². The number of fused-ring (bicyclic) bond motifs is 4. The number of aromatic nitrogens is 4. The highest BCUT2D eigenvalue weighted by atomic mass is 32.2. The quantitative estimate of drug-likeness (QED) is 0.391. The van der Waals surface area contributed by atoms with Gasteiger partial charge in [-0.3, -0.25) is 9.97 Å². The van der Waals surface area contributed by atoms with E-state index in [0.717, 1.165) is 63.2 Å². The minimum Gasteiger partial charge on any atom is -0.388 e. The van der Waals surface area contributed by atoms with Crippen LogP contribution in [-0.2, 0) is 6.42 Å². The van der Waals surface area contributed by atoms with Crippen LogP contribution in [0, 0.1) is 0 Å². The van der Waals surface area contributed by atoms with Crippen LogP contribution in [0.25, 0.3) is 22.2 Å². The molecule has 0 bridgehead atoms. The van der Waals surface area contributed by atoms with E-state index in [1.54, 1.807) is 6.20 Å². The van der Waals surface area contributed by atoms with Gasteiger partial charge in [0, 0.05) is 60.6 Å². The molecule has 8 heteroatoms. The third-order valence-electron chi connectivity index (χ3n) is 6.52. The fraction of sp³-hybridized carbons (Fsp3) is 0.280. The zero-order chi connectivity index (χ0) is 22.5. The van der Waals surface area contributed by atoms with Gasteiger partial charge in [0.05, 0.1) is 16.7 Å². The number of hydrogen-bond donors (Lipinski definition) is 2. The number of hydrogen-bond acceptors (Lipinski definition) is 8. The van der Waals surface area contributed by atoms with Gasteiger partial charge in [0.1, 0.15) is 5.82 Å². The van der Waals surface area contributed by atoms with Crippen LogP contribution in [-0.4, -0.2) is 45.6 Å². The van der Waals surface area contributed by atoms with Crippen molar-refractivity contribution in [3.05, 3.63) is 60.0 Å². The van der Waals surface area contributed by atoms with E-state index in [1.165, 1.54) is 22.9 Å². The Kier molecular flexibility index (Phi) is 4.92. The Morgan fingerprint density at radius 2 is 2.03 bits per heavy atom. The molecule has 0 spiro atoms. The molecule has 1 saturated heterocycles. The van der Waals surface area contributed by atoms with Gasteiger partial charge < -0.3 is 16.0 Å². The molecule has 0 unspecified atom stereocenters. The van der Waals surface area contributed by atoms with Crippen LogP contribution in [0.4, 0.5) is 11.5 Å². The summed E-state index contributed by atoms with van der Waals surface area (Å²) in [6.07, 6.45) is 5.41. The normalized spacial score (nSPS) is 19.1. The molecule has 2 aliphatic rings. The van der Waals surface area contributed by atoms with Gasteiger partial charge in [-0.1, -0.05) is 12.1 Å². The molecule has 1 aromatic carbocycles. The maximum Gasteiger partial charge on any atom is 0.194 e. The number of rotatable bonds is 4. The van der Waals surface area contributed by atoms with E-state index in [4.69, 9.17) is 15.7 Å². The van der Waals surface area contributed by atoms with Crippen molar-refractivity contribution < 1.29 is 0 Å². The number of pyridine rings is 2. The lowest BCUT2D eigenvalue weighted by atomic mass is 10.0. The van der Waals surface area contributed by atoms with Crippen molar-refractivity contribution >= 4 is 34.3 Å². The van der Waals surface area contributed by atoms with Gasteiger partial charge in [0.15, 0.2) is 5.16 Å². The minimum atomic E-state index is 0.155. The van der Waals surface area contributed by atoms with Crippen molar-refractivity contribution in [2.45, 2.75) is 41.9 Å². The first kappa shape index (κ1) is 20.4. The molecular formula is C25H25N7S. The second-order valence-corrected chi connectivity index (χ2v) is 9.76. The average molecular weight is 456 g/mol. The van der Waals surface area contributed by atoms with Crippen molar-refractivity contribution in [1.82, 2.24) is 19.9 Å². The fourth-order valence-corrected chi connectivity index (χ4v) is 5.78. The minimum absolute atomic E-state index is 0.155. The van der Waals surface area contributed by atoms with Gasteiger partial charge in [-0.25, -0.2) is 9.97 Å². The topological polar surface area (TPSA) is 92.8 Å². The monoisotopic (exact) mass is 455 g/mol. The molecule has 7 nitrogen and oxygen atoms in total. The number of anilines is 2. The predicted molar refractivity (Wildman–Crippen MR) is 133 cm³/mol. The van der Waals surface area contributed by atoms with E-state index in [9.17, 15) is 0 Å². The molecule has 33 heavy (non-hydrogen) atoms. The Bertz CT molecular complexity index is 1370. The van der Waals surface area contributed by atoms with Crippen molar-refractivity contribution in [1.29, 1.82) is 0 Å². The maximum absolute atomic E-state index is 6.34. The van der Waals surface area contributed by atoms with Crippen molar-refractivity contribution in [3.63, 3.8) is 0 Å². The van der Waals surface area contributed by atoms with Crippen LogP contribution >= 0.6 is 11.8 Å². The van der Waals surface area contributed by atoms with E-state index in [1.807, 2.05) is 31.4 Å². The molecule has 6 rings (SSSR count). The van der Waals surface area contributed by atoms with Crippen molar-refractivity contribution in [2.24, 2.45) is 5.73 Å². The third-order valence-corrected chi connectivity index (χ3v) is 7.34. The van der Waals surface area contributed by atoms with Crippen LogP contribution in [0.2, 0.25) is 0 Å². The summed E-state index contributed by atoms with van der Waals surface area (Å²) in [7, 11) is 1.97. The second-order valence-electron chi connectivity index (χ2n) is 8.72. The molecule has 166 valence electrons. The molecule has 4 aromatic rings. The Morgan fingerprint density at radius 1 is 1.12 bits per heavy atom. The summed E-state index contributed by atoms with van der Waals surface area (Å²) in [5.74, 6) is 0.988. The average Bonchev–Trinajstić information content (AvgIpc) is 3.37. The Labute approximate surface area is 196 Å². The van der Waals surface area contributed by atoms with E-state index >= 15 is 0 Å². The summed E-state index contributed by atoms with van der Waals surface area (Å²) >= 11 is 1.53. The lowest BCUT2D eigenvalue weighted by Crippen LogP contribution is -2.30. The molecule has 0 saturated carbocycles. The first-order chi connectivity index (χ1) is 16.1. The number of nitrogens with zero attached hydrogens (tertiary/aromatic N) is 5. The zero-order valence-electron chi connectivity index (χ0n) is 18.6. The molecule has 2 atom stereocenters. The summed E-state index contributed by atoms with van der Waals surface area (Å²) in [6, 6.07) is 12.8. The Hall–Kier alpha value is -3.23. The SMILES string of the molecule is CNc1cccc2c1Cc1nc(Sc3cnc4cccnc4c3)nc(N3C[C@H](N)C[C@H]3C)c1-2. The van der Waals surface area contributed by atoms with Gasteiger partial charge in [-0.05, 0) is 60.5 Å². The lowest BCUT2D eigenvalue weighted by molar-refractivity contribution is 0.687. The van der Waals surface area contributed by atoms with E-state index in [0.29, 0.717) is 6.04 Å². The molecule has 3 N–H and O–H groups in total. The van der Waals surface area contributed by atoms with Gasteiger partial charge in [0.2, 0.25) is 0 Å². The van der Waals surface area contributed by atoms with E-state index in [-0.39, 0.29) is 6.04 Å². The predicted octanol–water partition coefficient (Wildman–Crippen LogP) is 4.11. The van der Waals surface area contributed by atoms with E-state index in [2.05, 4.69) is 45.3 Å². The fourth-order valence-electron chi connectivity index (χ4n) is 5.01. The Morgan fingerprint density at radius 3 is 2.85 bits per heavy atom. The van der Waals surface area contributed by atoms with Crippen LogP contribution in [0.1, 0.15) is 24.6 Å². The van der Waals surface area contributed by atoms with Crippen LogP contribution < -0.4 is 16.0 Å². The number of benzene rings is 1. The lowest BCUT2D eigenvalue weighted by Gasteiger charge is -2.25. The Balaban J connectivity index is 1.46. The molecule has 1 fully saturated rings. The van der Waals surface area contributed by atoms with Gasteiger partial charge in [-0.15, -0.1) is 0 Å². The highest BCUT2D eigenvalue weighted by Gasteiger charge is 2.34. The first-order valence-electron chi connectivity index (χ1n) is 11.2. The highest BCUT2D eigenvalue weighted by molar-refractivity contribution is 7.99. The van der Waals surface area contributed by atoms with Gasteiger partial charge >= 0.3 is 0 Å². The summed E-state index contributed by atoms with van der Waals surface area (Å²) in [4.78, 5) is 22.4. The van der Waals surface area contributed by atoms with Crippen molar-refractivity contribution in [2.75, 3.05) is 23.8 Å². The summed E-state index contributed by atoms with van der Waals surface area (Å²) in [5.41, 5.74) is 13.9. The van der Waals surface area contributed by atoms with Crippen LogP contribution in [0.15, 0.2) is 58.8 Å². The highest BCUT2D eigenvalue weighted by Crippen LogP contribution is 2.46. The molecule has 0 radical (unpaired) electrons. The van der Waals surface area contributed by atoms with Crippen molar-refractivity contribution in [3.8, 4) is 11.1 Å². The molecular weight excluding hydrogens is 430 g/mol. The zero-order valence-corrected chi connectivity index (χ0v) is 19.4. The third kappa shape index (κ3) is 3.50. The van der Waals surface area contributed by atoms with Gasteiger partial charge in [-0.2, -0.15) is 0 Å². The molecule has 1 aliphatic heterocycles. The summed E-state index contributed by atoms with van der Waals surface area (Å²) in [5, 5.41) is 4.07. The summed E-state index contributed by atoms with van der Waals surface area (Å²) in [6.45, 7) is 3.03. The number of nitrogens with one attached hydrogen (secondary N) is 1. The van der Waals surface area contributed by atoms with Crippen LogP contribution in [0.3, 0.4) is 0 Å². The maximum atomic E-state index is 6.34. The largest absolute Gasteiger partial charge is 0.388 e. The number of nitrogens with two attached hydrogens (primary N) is 1.